The molecule has 110 valence electrons. The summed E-state index contributed by atoms with van der Waals surface area (Å²) < 4.78 is 26.8. The first-order valence-electron chi connectivity index (χ1n) is 6.78. The van der Waals surface area contributed by atoms with Crippen molar-refractivity contribution in [2.45, 2.75) is 18.2 Å². The third-order valence-corrected chi connectivity index (χ3v) is 4.59. The van der Waals surface area contributed by atoms with Gasteiger partial charge in [-0.1, -0.05) is 48.0 Å². The first-order valence-corrected chi connectivity index (χ1v) is 8.27. The molecule has 3 nitrogen and oxygen atoms in total. The summed E-state index contributed by atoms with van der Waals surface area (Å²) in [5.41, 5.74) is 3.02. The number of hydrogen-bond donors (Lipinski definition) is 1. The summed E-state index contributed by atoms with van der Waals surface area (Å²) in [6, 6.07) is 16.8. The summed E-state index contributed by atoms with van der Waals surface area (Å²) in [7, 11) is -3.45. The lowest BCUT2D eigenvalue weighted by atomic mass is 10.1. The van der Waals surface area contributed by atoms with E-state index in [9.17, 15) is 8.42 Å². The number of benzene rings is 2. The Labute approximate surface area is 126 Å². The van der Waals surface area contributed by atoms with E-state index in [2.05, 4.69) is 11.3 Å². The van der Waals surface area contributed by atoms with Gasteiger partial charge in [-0.25, -0.2) is 13.1 Å². The summed E-state index contributed by atoms with van der Waals surface area (Å²) >= 11 is 0. The first-order chi connectivity index (χ1) is 9.99. The summed E-state index contributed by atoms with van der Waals surface area (Å²) in [6.07, 6.45) is 0.640. The molecule has 2 aromatic carbocycles. The van der Waals surface area contributed by atoms with Gasteiger partial charge in [0.25, 0.3) is 0 Å². The van der Waals surface area contributed by atoms with Crippen molar-refractivity contribution in [1.82, 2.24) is 4.72 Å². The highest BCUT2D eigenvalue weighted by atomic mass is 32.2. The van der Waals surface area contributed by atoms with E-state index in [0.717, 1.165) is 16.7 Å². The minimum absolute atomic E-state index is 0.281. The quantitative estimate of drug-likeness (QED) is 0.829. The van der Waals surface area contributed by atoms with Gasteiger partial charge in [-0.2, -0.15) is 0 Å². The Morgan fingerprint density at radius 3 is 2.14 bits per heavy atom. The normalized spacial score (nSPS) is 11.3. The summed E-state index contributed by atoms with van der Waals surface area (Å²) in [5.74, 6) is 0. The smallest absolute Gasteiger partial charge is 0.211 e. The van der Waals surface area contributed by atoms with Crippen LogP contribution in [0.1, 0.15) is 13.3 Å². The van der Waals surface area contributed by atoms with Crippen molar-refractivity contribution in [2.75, 3.05) is 6.54 Å². The zero-order chi connectivity index (χ0) is 15.3. The fourth-order valence-corrected chi connectivity index (χ4v) is 2.97. The Hall–Kier alpha value is -1.91. The molecule has 0 aliphatic heterocycles. The number of nitrogens with one attached hydrogen (secondary N) is 1. The van der Waals surface area contributed by atoms with Gasteiger partial charge in [0.2, 0.25) is 10.0 Å². The van der Waals surface area contributed by atoms with E-state index in [1.54, 1.807) is 12.1 Å². The Morgan fingerprint density at radius 1 is 1.00 bits per heavy atom. The van der Waals surface area contributed by atoms with Crippen LogP contribution < -0.4 is 4.72 Å². The van der Waals surface area contributed by atoms with E-state index < -0.39 is 10.0 Å². The monoisotopic (exact) mass is 301 g/mol. The minimum atomic E-state index is -3.45. The standard InChI is InChI=1S/C17H19NO2S/c1-14(2)12-13-18-21(19,20)17-10-8-16(9-11-17)15-6-4-3-5-7-15/h3-11,18H,1,12-13H2,2H3. The van der Waals surface area contributed by atoms with Crippen LogP contribution in [-0.4, -0.2) is 15.0 Å². The Kier molecular flexibility index (Phi) is 4.94. The lowest BCUT2D eigenvalue weighted by Crippen LogP contribution is -2.24. The van der Waals surface area contributed by atoms with E-state index in [1.807, 2.05) is 49.4 Å². The second-order valence-electron chi connectivity index (χ2n) is 5.00. The zero-order valence-electron chi connectivity index (χ0n) is 12.0. The van der Waals surface area contributed by atoms with E-state index in [0.29, 0.717) is 13.0 Å². The second-order valence-corrected chi connectivity index (χ2v) is 6.76. The van der Waals surface area contributed by atoms with Crippen molar-refractivity contribution in [1.29, 1.82) is 0 Å². The Balaban J connectivity index is 2.13. The molecular weight excluding hydrogens is 282 g/mol. The zero-order valence-corrected chi connectivity index (χ0v) is 12.9. The van der Waals surface area contributed by atoms with Gasteiger partial charge >= 0.3 is 0 Å². The maximum absolute atomic E-state index is 12.1. The highest BCUT2D eigenvalue weighted by molar-refractivity contribution is 7.89. The van der Waals surface area contributed by atoms with Crippen LogP contribution in [0, 0.1) is 0 Å². The van der Waals surface area contributed by atoms with Gasteiger partial charge in [-0.05, 0) is 36.6 Å². The summed E-state index contributed by atoms with van der Waals surface area (Å²) in [6.45, 7) is 6.01. The molecule has 0 radical (unpaired) electrons. The average molecular weight is 301 g/mol. The number of hydrogen-bond acceptors (Lipinski definition) is 2. The predicted octanol–water partition coefficient (Wildman–Crippen LogP) is 3.60. The molecule has 0 atom stereocenters. The van der Waals surface area contributed by atoms with Crippen molar-refractivity contribution < 1.29 is 8.42 Å². The van der Waals surface area contributed by atoms with Crippen LogP contribution in [0.5, 0.6) is 0 Å². The van der Waals surface area contributed by atoms with Gasteiger partial charge in [0, 0.05) is 6.54 Å². The maximum atomic E-state index is 12.1. The Morgan fingerprint density at radius 2 is 1.57 bits per heavy atom. The van der Waals surface area contributed by atoms with E-state index >= 15 is 0 Å². The molecule has 0 spiro atoms. The maximum Gasteiger partial charge on any atom is 0.240 e. The molecule has 21 heavy (non-hydrogen) atoms. The molecule has 0 aliphatic carbocycles. The molecule has 0 aliphatic rings. The summed E-state index contributed by atoms with van der Waals surface area (Å²) in [4.78, 5) is 0.281. The highest BCUT2D eigenvalue weighted by Gasteiger charge is 2.13. The molecule has 0 fully saturated rings. The van der Waals surface area contributed by atoms with E-state index in [4.69, 9.17) is 0 Å². The van der Waals surface area contributed by atoms with E-state index in [1.165, 1.54) is 0 Å². The van der Waals surface area contributed by atoms with Crippen molar-refractivity contribution in [3.05, 3.63) is 66.7 Å². The molecule has 0 saturated heterocycles. The average Bonchev–Trinajstić information content (AvgIpc) is 2.48. The van der Waals surface area contributed by atoms with Gasteiger partial charge in [0.1, 0.15) is 0 Å². The lowest BCUT2D eigenvalue weighted by Gasteiger charge is -2.08. The predicted molar refractivity (Wildman–Crippen MR) is 86.5 cm³/mol. The van der Waals surface area contributed by atoms with Crippen LogP contribution >= 0.6 is 0 Å². The van der Waals surface area contributed by atoms with Gasteiger partial charge in [-0.3, -0.25) is 0 Å². The largest absolute Gasteiger partial charge is 0.240 e. The van der Waals surface area contributed by atoms with Gasteiger partial charge in [-0.15, -0.1) is 6.58 Å². The molecule has 0 saturated carbocycles. The molecule has 0 bridgehead atoms. The fourth-order valence-electron chi connectivity index (χ4n) is 1.94. The third-order valence-electron chi connectivity index (χ3n) is 3.12. The highest BCUT2D eigenvalue weighted by Crippen LogP contribution is 2.20. The molecule has 2 aromatic rings. The number of sulfonamides is 1. The molecule has 1 N–H and O–H groups in total. The molecular formula is C17H19NO2S. The van der Waals surface area contributed by atoms with Crippen molar-refractivity contribution in [3.63, 3.8) is 0 Å². The summed E-state index contributed by atoms with van der Waals surface area (Å²) in [5, 5.41) is 0. The molecule has 0 heterocycles. The van der Waals surface area contributed by atoms with Gasteiger partial charge in [0.15, 0.2) is 0 Å². The second kappa shape index (κ2) is 6.70. The molecule has 0 unspecified atom stereocenters. The van der Waals surface area contributed by atoms with Gasteiger partial charge in [0.05, 0.1) is 4.90 Å². The topological polar surface area (TPSA) is 46.2 Å². The van der Waals surface area contributed by atoms with Crippen LogP contribution in [0.15, 0.2) is 71.6 Å². The van der Waals surface area contributed by atoms with Crippen LogP contribution in [0.2, 0.25) is 0 Å². The molecule has 4 heteroatoms. The Bertz CT molecular complexity index is 704. The fraction of sp³-hybridized carbons (Fsp3) is 0.176. The number of rotatable bonds is 6. The van der Waals surface area contributed by atoms with Crippen molar-refractivity contribution in [2.24, 2.45) is 0 Å². The van der Waals surface area contributed by atoms with Crippen molar-refractivity contribution >= 4 is 10.0 Å². The van der Waals surface area contributed by atoms with E-state index in [-0.39, 0.29) is 4.90 Å². The van der Waals surface area contributed by atoms with Crippen molar-refractivity contribution in [3.8, 4) is 11.1 Å². The molecule has 0 aromatic heterocycles. The SMILES string of the molecule is C=C(C)CCNS(=O)(=O)c1ccc(-c2ccccc2)cc1. The molecule has 2 rings (SSSR count). The first kappa shape index (κ1) is 15.5. The lowest BCUT2D eigenvalue weighted by molar-refractivity contribution is 0.581. The van der Waals surface area contributed by atoms with Crippen LogP contribution in [0.4, 0.5) is 0 Å². The van der Waals surface area contributed by atoms with Crippen LogP contribution in [0.25, 0.3) is 11.1 Å². The van der Waals surface area contributed by atoms with Crippen LogP contribution in [-0.2, 0) is 10.0 Å². The molecule has 0 amide bonds. The van der Waals surface area contributed by atoms with Gasteiger partial charge < -0.3 is 0 Å². The minimum Gasteiger partial charge on any atom is -0.211 e. The van der Waals surface area contributed by atoms with Crippen LogP contribution in [0.3, 0.4) is 0 Å². The third kappa shape index (κ3) is 4.28.